The molecule has 1 unspecified atom stereocenters. The summed E-state index contributed by atoms with van der Waals surface area (Å²) in [6, 6.07) is 10.9. The Kier molecular flexibility index (Phi) is 3.83. The summed E-state index contributed by atoms with van der Waals surface area (Å²) < 4.78 is 0. The number of piperidine rings is 1. The zero-order chi connectivity index (χ0) is 13.1. The van der Waals surface area contributed by atoms with E-state index in [9.17, 15) is 4.79 Å². The standard InChI is InChI=1S/C16H22N2O/c19-16(15-8-4-5-11-17-15)18(14-9-10-14)12-13-6-2-1-3-7-13/h1-3,6-7,14-15,17H,4-5,8-12H2. The molecule has 1 aliphatic carbocycles. The van der Waals surface area contributed by atoms with Crippen molar-refractivity contribution in [1.82, 2.24) is 10.2 Å². The third kappa shape index (κ3) is 3.16. The van der Waals surface area contributed by atoms with Gasteiger partial charge in [-0.15, -0.1) is 0 Å². The van der Waals surface area contributed by atoms with Crippen LogP contribution in [-0.4, -0.2) is 29.4 Å². The van der Waals surface area contributed by atoms with E-state index in [-0.39, 0.29) is 6.04 Å². The predicted octanol–water partition coefficient (Wildman–Crippen LogP) is 2.32. The van der Waals surface area contributed by atoms with Crippen molar-refractivity contribution in [2.24, 2.45) is 0 Å². The Balaban J connectivity index is 1.68. The van der Waals surface area contributed by atoms with E-state index in [0.717, 1.165) is 19.5 Å². The molecule has 1 aromatic carbocycles. The van der Waals surface area contributed by atoms with E-state index < -0.39 is 0 Å². The average molecular weight is 258 g/mol. The van der Waals surface area contributed by atoms with Crippen LogP contribution >= 0.6 is 0 Å². The van der Waals surface area contributed by atoms with Crippen molar-refractivity contribution < 1.29 is 4.79 Å². The van der Waals surface area contributed by atoms with Crippen LogP contribution in [0.15, 0.2) is 30.3 Å². The van der Waals surface area contributed by atoms with Crippen LogP contribution in [0.25, 0.3) is 0 Å². The third-order valence-corrected chi connectivity index (χ3v) is 4.07. The fraction of sp³-hybridized carbons (Fsp3) is 0.562. The first-order valence-corrected chi connectivity index (χ1v) is 7.42. The van der Waals surface area contributed by atoms with Crippen LogP contribution in [-0.2, 0) is 11.3 Å². The number of hydrogen-bond acceptors (Lipinski definition) is 2. The highest BCUT2D eigenvalue weighted by Gasteiger charge is 2.35. The molecule has 2 aliphatic rings. The fourth-order valence-corrected chi connectivity index (χ4v) is 2.82. The zero-order valence-corrected chi connectivity index (χ0v) is 11.3. The lowest BCUT2D eigenvalue weighted by atomic mass is 10.0. The Bertz CT molecular complexity index is 422. The molecule has 3 nitrogen and oxygen atoms in total. The third-order valence-electron chi connectivity index (χ3n) is 4.07. The number of hydrogen-bond donors (Lipinski definition) is 1. The molecule has 0 radical (unpaired) electrons. The van der Waals surface area contributed by atoms with Crippen molar-refractivity contribution in [3.8, 4) is 0 Å². The predicted molar refractivity (Wildman–Crippen MR) is 75.7 cm³/mol. The van der Waals surface area contributed by atoms with Gasteiger partial charge in [-0.3, -0.25) is 4.79 Å². The number of benzene rings is 1. The number of nitrogens with one attached hydrogen (secondary N) is 1. The summed E-state index contributed by atoms with van der Waals surface area (Å²) >= 11 is 0. The fourth-order valence-electron chi connectivity index (χ4n) is 2.82. The molecule has 1 aliphatic heterocycles. The normalized spacial score (nSPS) is 23.1. The molecule has 1 N–H and O–H groups in total. The Labute approximate surface area is 115 Å². The smallest absolute Gasteiger partial charge is 0.240 e. The largest absolute Gasteiger partial charge is 0.334 e. The van der Waals surface area contributed by atoms with Crippen LogP contribution in [0.3, 0.4) is 0 Å². The number of carbonyl (C=O) groups is 1. The Hall–Kier alpha value is -1.35. The maximum atomic E-state index is 12.6. The quantitative estimate of drug-likeness (QED) is 0.899. The van der Waals surface area contributed by atoms with Gasteiger partial charge in [0.2, 0.25) is 5.91 Å². The molecule has 1 aromatic rings. The number of carbonyl (C=O) groups excluding carboxylic acids is 1. The molecule has 19 heavy (non-hydrogen) atoms. The van der Waals surface area contributed by atoms with E-state index in [1.165, 1.54) is 31.2 Å². The molecule has 1 amide bonds. The highest BCUT2D eigenvalue weighted by Crippen LogP contribution is 2.29. The molecule has 102 valence electrons. The van der Waals surface area contributed by atoms with Gasteiger partial charge in [0.1, 0.15) is 0 Å². The Morgan fingerprint density at radius 1 is 1.16 bits per heavy atom. The molecular formula is C16H22N2O. The molecule has 0 bridgehead atoms. The van der Waals surface area contributed by atoms with Gasteiger partial charge >= 0.3 is 0 Å². The van der Waals surface area contributed by atoms with Crippen LogP contribution in [0.2, 0.25) is 0 Å². The van der Waals surface area contributed by atoms with Crippen molar-refractivity contribution in [2.75, 3.05) is 6.54 Å². The Morgan fingerprint density at radius 2 is 1.95 bits per heavy atom. The summed E-state index contributed by atoms with van der Waals surface area (Å²) in [6.07, 6.45) is 5.71. The highest BCUT2D eigenvalue weighted by atomic mass is 16.2. The molecule has 1 heterocycles. The molecule has 2 fully saturated rings. The SMILES string of the molecule is O=C(C1CCCCN1)N(Cc1ccccc1)C1CC1. The first-order valence-electron chi connectivity index (χ1n) is 7.42. The first kappa shape index (κ1) is 12.7. The lowest BCUT2D eigenvalue weighted by molar-refractivity contribution is -0.135. The minimum absolute atomic E-state index is 0.0538. The molecule has 0 spiro atoms. The summed E-state index contributed by atoms with van der Waals surface area (Å²) in [6.45, 7) is 1.75. The van der Waals surface area contributed by atoms with Gasteiger partial charge in [-0.05, 0) is 37.8 Å². The molecule has 3 rings (SSSR count). The lowest BCUT2D eigenvalue weighted by Gasteiger charge is -2.30. The van der Waals surface area contributed by atoms with Crippen molar-refractivity contribution in [3.05, 3.63) is 35.9 Å². The van der Waals surface area contributed by atoms with Gasteiger partial charge in [-0.25, -0.2) is 0 Å². The summed E-state index contributed by atoms with van der Waals surface area (Å²) in [5.41, 5.74) is 1.23. The minimum Gasteiger partial charge on any atom is -0.334 e. The van der Waals surface area contributed by atoms with E-state index >= 15 is 0 Å². The first-order chi connectivity index (χ1) is 9.34. The van der Waals surface area contributed by atoms with E-state index in [0.29, 0.717) is 11.9 Å². The molecule has 3 heteroatoms. The second-order valence-corrected chi connectivity index (χ2v) is 5.69. The minimum atomic E-state index is 0.0538. The van der Waals surface area contributed by atoms with Crippen molar-refractivity contribution >= 4 is 5.91 Å². The molecular weight excluding hydrogens is 236 g/mol. The average Bonchev–Trinajstić information content (AvgIpc) is 3.31. The number of rotatable bonds is 4. The lowest BCUT2D eigenvalue weighted by Crippen LogP contribution is -2.49. The monoisotopic (exact) mass is 258 g/mol. The van der Waals surface area contributed by atoms with Gasteiger partial charge in [-0.1, -0.05) is 36.8 Å². The number of amides is 1. The van der Waals surface area contributed by atoms with Crippen LogP contribution in [0.5, 0.6) is 0 Å². The van der Waals surface area contributed by atoms with E-state index in [1.807, 2.05) is 18.2 Å². The van der Waals surface area contributed by atoms with Gasteiger partial charge in [-0.2, -0.15) is 0 Å². The zero-order valence-electron chi connectivity index (χ0n) is 11.3. The van der Waals surface area contributed by atoms with Crippen molar-refractivity contribution in [2.45, 2.75) is 50.7 Å². The molecule has 1 atom stereocenters. The van der Waals surface area contributed by atoms with Crippen LogP contribution in [0, 0.1) is 0 Å². The maximum Gasteiger partial charge on any atom is 0.240 e. The van der Waals surface area contributed by atoms with Gasteiger partial charge in [0.05, 0.1) is 6.04 Å². The summed E-state index contributed by atoms with van der Waals surface area (Å²) in [5, 5.41) is 3.38. The second kappa shape index (κ2) is 5.74. The van der Waals surface area contributed by atoms with E-state index in [1.54, 1.807) is 0 Å². The number of nitrogens with zero attached hydrogens (tertiary/aromatic N) is 1. The van der Waals surface area contributed by atoms with Gasteiger partial charge in [0.25, 0.3) is 0 Å². The van der Waals surface area contributed by atoms with E-state index in [2.05, 4.69) is 22.3 Å². The maximum absolute atomic E-state index is 12.6. The summed E-state index contributed by atoms with van der Waals surface area (Å²) in [7, 11) is 0. The van der Waals surface area contributed by atoms with Gasteiger partial charge in [0.15, 0.2) is 0 Å². The summed E-state index contributed by atoms with van der Waals surface area (Å²) in [4.78, 5) is 14.7. The van der Waals surface area contributed by atoms with Crippen molar-refractivity contribution in [3.63, 3.8) is 0 Å². The van der Waals surface area contributed by atoms with Crippen LogP contribution < -0.4 is 5.32 Å². The Morgan fingerprint density at radius 3 is 2.58 bits per heavy atom. The molecule has 1 saturated heterocycles. The van der Waals surface area contributed by atoms with Crippen LogP contribution in [0.4, 0.5) is 0 Å². The molecule has 1 saturated carbocycles. The van der Waals surface area contributed by atoms with Gasteiger partial charge < -0.3 is 10.2 Å². The summed E-state index contributed by atoms with van der Waals surface area (Å²) in [5.74, 6) is 0.311. The van der Waals surface area contributed by atoms with E-state index in [4.69, 9.17) is 0 Å². The van der Waals surface area contributed by atoms with Crippen LogP contribution in [0.1, 0.15) is 37.7 Å². The topological polar surface area (TPSA) is 32.3 Å². The highest BCUT2D eigenvalue weighted by molar-refractivity contribution is 5.82. The molecule has 0 aromatic heterocycles. The second-order valence-electron chi connectivity index (χ2n) is 5.69. The van der Waals surface area contributed by atoms with Gasteiger partial charge in [0, 0.05) is 12.6 Å². The van der Waals surface area contributed by atoms with Crippen molar-refractivity contribution in [1.29, 1.82) is 0 Å².